The van der Waals surface area contributed by atoms with Gasteiger partial charge < -0.3 is 5.32 Å². The van der Waals surface area contributed by atoms with Crippen LogP contribution in [0.4, 0.5) is 5.82 Å². The summed E-state index contributed by atoms with van der Waals surface area (Å²) in [4.78, 5) is 16.1. The van der Waals surface area contributed by atoms with Gasteiger partial charge in [0, 0.05) is 17.3 Å². The van der Waals surface area contributed by atoms with Crippen LogP contribution in [0.25, 0.3) is 0 Å². The van der Waals surface area contributed by atoms with Crippen LogP contribution in [0.5, 0.6) is 0 Å². The molecule has 0 fully saturated rings. The fourth-order valence-electron chi connectivity index (χ4n) is 2.07. The lowest BCUT2D eigenvalue weighted by Crippen LogP contribution is -2.16. The summed E-state index contributed by atoms with van der Waals surface area (Å²) in [6, 6.07) is 12.4. The lowest BCUT2D eigenvalue weighted by molar-refractivity contribution is 0.102. The van der Waals surface area contributed by atoms with Gasteiger partial charge in [0.05, 0.1) is 18.3 Å². The second-order valence-electron chi connectivity index (χ2n) is 4.83. The number of rotatable bonds is 4. The first-order valence-corrected chi connectivity index (χ1v) is 7.56. The van der Waals surface area contributed by atoms with Gasteiger partial charge in [-0.25, -0.2) is 9.67 Å². The fraction of sp³-hybridized carbons (Fsp3) is 0.0625. The molecule has 0 saturated carbocycles. The third-order valence-corrected chi connectivity index (χ3v) is 3.63. The highest BCUT2D eigenvalue weighted by Gasteiger charge is 2.10. The number of benzene rings is 1. The average Bonchev–Trinajstić information content (AvgIpc) is 2.95. The van der Waals surface area contributed by atoms with Crippen LogP contribution in [0.1, 0.15) is 15.9 Å². The largest absolute Gasteiger partial charge is 0.307 e. The Morgan fingerprint density at radius 1 is 1.17 bits per heavy atom. The number of nitrogens with zero attached hydrogens (tertiary/aromatic N) is 3. The maximum Gasteiger partial charge on any atom is 0.258 e. The molecule has 23 heavy (non-hydrogen) atoms. The Kier molecular flexibility index (Phi) is 4.60. The van der Waals surface area contributed by atoms with Gasteiger partial charge in [0.2, 0.25) is 0 Å². The van der Waals surface area contributed by atoms with Crippen LogP contribution in [0.15, 0.2) is 54.9 Å². The maximum atomic E-state index is 12.2. The van der Waals surface area contributed by atoms with Gasteiger partial charge in [0.15, 0.2) is 0 Å². The van der Waals surface area contributed by atoms with Gasteiger partial charge in [-0.3, -0.25) is 4.79 Å². The number of aromatic nitrogens is 3. The molecule has 0 spiro atoms. The summed E-state index contributed by atoms with van der Waals surface area (Å²) in [7, 11) is 0. The number of carbonyl (C=O) groups is 1. The number of hydrogen-bond donors (Lipinski definition) is 1. The highest BCUT2D eigenvalue weighted by molar-refractivity contribution is 6.30. The minimum atomic E-state index is -0.276. The predicted molar refractivity (Wildman–Crippen MR) is 90.0 cm³/mol. The van der Waals surface area contributed by atoms with Gasteiger partial charge in [0.1, 0.15) is 11.0 Å². The van der Waals surface area contributed by atoms with E-state index < -0.39 is 0 Å². The Morgan fingerprint density at radius 2 is 2.04 bits per heavy atom. The molecule has 3 aromatic rings. The van der Waals surface area contributed by atoms with Crippen molar-refractivity contribution in [3.63, 3.8) is 0 Å². The Labute approximate surface area is 142 Å². The van der Waals surface area contributed by atoms with E-state index >= 15 is 0 Å². The van der Waals surface area contributed by atoms with E-state index in [0.717, 1.165) is 5.56 Å². The first-order valence-electron chi connectivity index (χ1n) is 6.81. The second kappa shape index (κ2) is 6.81. The van der Waals surface area contributed by atoms with Crippen molar-refractivity contribution in [3.05, 3.63) is 76.2 Å². The van der Waals surface area contributed by atoms with Crippen LogP contribution in [0.2, 0.25) is 10.2 Å². The van der Waals surface area contributed by atoms with Crippen molar-refractivity contribution in [2.24, 2.45) is 0 Å². The molecule has 3 rings (SSSR count). The van der Waals surface area contributed by atoms with E-state index in [2.05, 4.69) is 15.4 Å². The molecular formula is C16H12Cl2N4O. The van der Waals surface area contributed by atoms with Crippen molar-refractivity contribution in [1.29, 1.82) is 0 Å². The van der Waals surface area contributed by atoms with E-state index in [1.54, 1.807) is 29.1 Å². The summed E-state index contributed by atoms with van der Waals surface area (Å²) in [5, 5.41) is 8.03. The van der Waals surface area contributed by atoms with Gasteiger partial charge in [-0.15, -0.1) is 0 Å². The molecule has 1 aromatic carbocycles. The summed E-state index contributed by atoms with van der Waals surface area (Å²) < 4.78 is 1.69. The summed E-state index contributed by atoms with van der Waals surface area (Å²) in [5.41, 5.74) is 1.41. The highest BCUT2D eigenvalue weighted by Crippen LogP contribution is 2.15. The van der Waals surface area contributed by atoms with Crippen molar-refractivity contribution in [2.75, 3.05) is 5.32 Å². The van der Waals surface area contributed by atoms with E-state index in [0.29, 0.717) is 28.1 Å². The molecule has 2 heterocycles. The first-order chi connectivity index (χ1) is 11.1. The molecule has 0 aliphatic carbocycles. The van der Waals surface area contributed by atoms with Crippen LogP contribution in [0, 0.1) is 0 Å². The number of hydrogen-bond acceptors (Lipinski definition) is 3. The van der Waals surface area contributed by atoms with Crippen LogP contribution < -0.4 is 5.32 Å². The molecule has 5 nitrogen and oxygen atoms in total. The zero-order valence-electron chi connectivity index (χ0n) is 11.9. The number of anilines is 1. The third kappa shape index (κ3) is 3.88. The number of halogens is 2. The van der Waals surface area contributed by atoms with Gasteiger partial charge in [-0.1, -0.05) is 35.3 Å². The molecule has 116 valence electrons. The summed E-state index contributed by atoms with van der Waals surface area (Å²) in [6.07, 6.45) is 3.05. The first kappa shape index (κ1) is 15.5. The van der Waals surface area contributed by atoms with Gasteiger partial charge in [-0.2, -0.15) is 5.10 Å². The zero-order valence-corrected chi connectivity index (χ0v) is 13.4. The summed E-state index contributed by atoms with van der Waals surface area (Å²) >= 11 is 11.7. The van der Waals surface area contributed by atoms with E-state index in [1.807, 2.05) is 24.3 Å². The van der Waals surface area contributed by atoms with Gasteiger partial charge >= 0.3 is 0 Å². The number of nitrogens with one attached hydrogen (secondary N) is 1. The molecule has 1 amide bonds. The molecule has 0 saturated heterocycles. The standard InChI is InChI=1S/C16H12Cl2N4O/c17-13-3-1-2-11(8-13)10-22-15(6-7-20-22)21-16(23)12-4-5-14(18)19-9-12/h1-9H,10H2,(H,21,23). The smallest absolute Gasteiger partial charge is 0.258 e. The van der Waals surface area contributed by atoms with Crippen molar-refractivity contribution in [2.45, 2.75) is 6.54 Å². The quantitative estimate of drug-likeness (QED) is 0.729. The number of pyridine rings is 1. The third-order valence-electron chi connectivity index (χ3n) is 3.17. The maximum absolute atomic E-state index is 12.2. The molecular weight excluding hydrogens is 335 g/mol. The molecule has 0 aliphatic rings. The normalized spacial score (nSPS) is 10.5. The van der Waals surface area contributed by atoms with Crippen LogP contribution >= 0.6 is 23.2 Å². The average molecular weight is 347 g/mol. The van der Waals surface area contributed by atoms with Crippen molar-refractivity contribution >= 4 is 34.9 Å². The minimum Gasteiger partial charge on any atom is -0.307 e. The molecule has 0 atom stereocenters. The molecule has 1 N–H and O–H groups in total. The Bertz CT molecular complexity index is 830. The molecule has 0 radical (unpaired) electrons. The van der Waals surface area contributed by atoms with Gasteiger partial charge in [0.25, 0.3) is 5.91 Å². The van der Waals surface area contributed by atoms with Crippen molar-refractivity contribution < 1.29 is 4.79 Å². The Balaban J connectivity index is 1.75. The highest BCUT2D eigenvalue weighted by atomic mass is 35.5. The van der Waals surface area contributed by atoms with E-state index in [1.165, 1.54) is 6.20 Å². The van der Waals surface area contributed by atoms with E-state index in [-0.39, 0.29) is 5.91 Å². The molecule has 0 bridgehead atoms. The number of amides is 1. The second-order valence-corrected chi connectivity index (χ2v) is 5.65. The molecule has 0 unspecified atom stereocenters. The predicted octanol–water partition coefficient (Wildman–Crippen LogP) is 3.89. The summed E-state index contributed by atoms with van der Waals surface area (Å²) in [5.74, 6) is 0.312. The SMILES string of the molecule is O=C(Nc1ccnn1Cc1cccc(Cl)c1)c1ccc(Cl)nc1. The van der Waals surface area contributed by atoms with Crippen LogP contribution in [-0.4, -0.2) is 20.7 Å². The summed E-state index contributed by atoms with van der Waals surface area (Å²) in [6.45, 7) is 0.502. The monoisotopic (exact) mass is 346 g/mol. The Hall–Kier alpha value is -2.37. The minimum absolute atomic E-state index is 0.276. The van der Waals surface area contributed by atoms with Crippen LogP contribution in [-0.2, 0) is 6.54 Å². The van der Waals surface area contributed by atoms with Crippen LogP contribution in [0.3, 0.4) is 0 Å². The number of carbonyl (C=O) groups excluding carboxylic acids is 1. The molecule has 7 heteroatoms. The van der Waals surface area contributed by atoms with Crippen molar-refractivity contribution in [1.82, 2.24) is 14.8 Å². The topological polar surface area (TPSA) is 59.8 Å². The zero-order chi connectivity index (χ0) is 16.2. The lowest BCUT2D eigenvalue weighted by atomic mass is 10.2. The van der Waals surface area contributed by atoms with E-state index in [9.17, 15) is 4.79 Å². The lowest BCUT2D eigenvalue weighted by Gasteiger charge is -2.09. The van der Waals surface area contributed by atoms with E-state index in [4.69, 9.17) is 23.2 Å². The fourth-order valence-corrected chi connectivity index (χ4v) is 2.40. The van der Waals surface area contributed by atoms with Gasteiger partial charge in [-0.05, 0) is 29.8 Å². The van der Waals surface area contributed by atoms with Crippen molar-refractivity contribution in [3.8, 4) is 0 Å². The molecule has 2 aromatic heterocycles. The Morgan fingerprint density at radius 3 is 2.78 bits per heavy atom. The molecule has 0 aliphatic heterocycles.